The van der Waals surface area contributed by atoms with Crippen LogP contribution < -0.4 is 15.8 Å². The lowest BCUT2D eigenvalue weighted by Crippen LogP contribution is -2.39. The van der Waals surface area contributed by atoms with Crippen molar-refractivity contribution in [3.8, 4) is 0 Å². The molecule has 0 saturated heterocycles. The molecule has 1 aliphatic rings. The Labute approximate surface area is 140 Å². The highest BCUT2D eigenvalue weighted by Crippen LogP contribution is 2.19. The summed E-state index contributed by atoms with van der Waals surface area (Å²) < 4.78 is 39.9. The van der Waals surface area contributed by atoms with Gasteiger partial charge in [0.25, 0.3) is 0 Å². The van der Waals surface area contributed by atoms with E-state index in [0.717, 1.165) is 25.0 Å². The van der Waals surface area contributed by atoms with E-state index in [1.54, 1.807) is 0 Å². The topological polar surface area (TPSA) is 96.6 Å². The van der Waals surface area contributed by atoms with E-state index in [1.807, 2.05) is 0 Å². The van der Waals surface area contributed by atoms with Crippen molar-refractivity contribution in [1.29, 1.82) is 0 Å². The molecule has 0 aromatic heterocycles. The third kappa shape index (κ3) is 5.33. The summed E-state index contributed by atoms with van der Waals surface area (Å²) in [5.41, 5.74) is 5.74. The molecule has 128 valence electrons. The van der Waals surface area contributed by atoms with Crippen LogP contribution in [0.4, 0.5) is 4.39 Å². The van der Waals surface area contributed by atoms with Crippen LogP contribution in [0.15, 0.2) is 28.1 Å². The fourth-order valence-corrected chi connectivity index (χ4v) is 3.69. The number of aliphatic imine (C=N–C) groups is 1. The van der Waals surface area contributed by atoms with Crippen LogP contribution in [0.3, 0.4) is 0 Å². The Kier molecular flexibility index (Phi) is 6.20. The van der Waals surface area contributed by atoms with E-state index in [0.29, 0.717) is 12.0 Å². The highest BCUT2D eigenvalue weighted by molar-refractivity contribution is 7.89. The molecule has 0 aliphatic heterocycles. The van der Waals surface area contributed by atoms with Gasteiger partial charge in [-0.05, 0) is 31.0 Å². The Balaban J connectivity index is 1.84. The molecule has 0 radical (unpaired) electrons. The molecule has 0 atom stereocenters. The molecule has 9 heteroatoms. The number of nitrogens with zero attached hydrogens (tertiary/aromatic N) is 1. The molecule has 1 fully saturated rings. The number of nitrogens with one attached hydrogen (secondary N) is 2. The number of hydrogen-bond donors (Lipinski definition) is 3. The summed E-state index contributed by atoms with van der Waals surface area (Å²) in [5, 5.41) is 3.24. The number of sulfonamides is 1. The Bertz CT molecular complexity index is 675. The van der Waals surface area contributed by atoms with E-state index in [-0.39, 0.29) is 18.1 Å². The largest absolute Gasteiger partial charge is 0.370 e. The van der Waals surface area contributed by atoms with Gasteiger partial charge in [0.1, 0.15) is 10.7 Å². The predicted molar refractivity (Wildman–Crippen MR) is 88.5 cm³/mol. The Hall–Kier alpha value is -1.38. The maximum atomic E-state index is 13.6. The zero-order valence-electron chi connectivity index (χ0n) is 12.6. The fraction of sp³-hybridized carbons (Fsp3) is 0.500. The van der Waals surface area contributed by atoms with Gasteiger partial charge in [-0.1, -0.05) is 24.4 Å². The van der Waals surface area contributed by atoms with Crippen molar-refractivity contribution in [3.05, 3.63) is 29.0 Å². The zero-order valence-corrected chi connectivity index (χ0v) is 14.1. The molecule has 0 spiro atoms. The van der Waals surface area contributed by atoms with Crippen LogP contribution in [0, 0.1) is 5.82 Å². The summed E-state index contributed by atoms with van der Waals surface area (Å²) >= 11 is 5.60. The molecule has 0 heterocycles. The highest BCUT2D eigenvalue weighted by atomic mass is 35.5. The normalized spacial score (nSPS) is 16.7. The smallest absolute Gasteiger partial charge is 0.243 e. The van der Waals surface area contributed by atoms with Crippen LogP contribution in [0.1, 0.15) is 25.7 Å². The Morgan fingerprint density at radius 3 is 2.74 bits per heavy atom. The summed E-state index contributed by atoms with van der Waals surface area (Å²) in [4.78, 5) is 3.62. The number of benzene rings is 1. The first-order chi connectivity index (χ1) is 10.9. The highest BCUT2D eigenvalue weighted by Gasteiger charge is 2.18. The number of halogens is 2. The van der Waals surface area contributed by atoms with Gasteiger partial charge in [-0.3, -0.25) is 4.99 Å². The second kappa shape index (κ2) is 7.94. The van der Waals surface area contributed by atoms with Gasteiger partial charge in [-0.2, -0.15) is 0 Å². The van der Waals surface area contributed by atoms with Gasteiger partial charge in [0, 0.05) is 17.6 Å². The van der Waals surface area contributed by atoms with Gasteiger partial charge in [0.15, 0.2) is 5.96 Å². The minimum Gasteiger partial charge on any atom is -0.370 e. The first-order valence-corrected chi connectivity index (χ1v) is 9.26. The summed E-state index contributed by atoms with van der Waals surface area (Å²) in [6.45, 7) is 0.192. The van der Waals surface area contributed by atoms with E-state index in [4.69, 9.17) is 17.3 Å². The maximum Gasteiger partial charge on any atom is 0.243 e. The van der Waals surface area contributed by atoms with E-state index < -0.39 is 20.7 Å². The van der Waals surface area contributed by atoms with Crippen LogP contribution in [-0.2, 0) is 10.0 Å². The fourth-order valence-electron chi connectivity index (χ4n) is 2.45. The lowest BCUT2D eigenvalue weighted by molar-refractivity contribution is 0.557. The van der Waals surface area contributed by atoms with Crippen LogP contribution >= 0.6 is 11.6 Å². The van der Waals surface area contributed by atoms with Crippen LogP contribution in [-0.4, -0.2) is 33.5 Å². The first-order valence-electron chi connectivity index (χ1n) is 7.39. The standard InChI is InChI=1S/C14H20ClFN4O2S/c15-10-5-6-13(12(16)9-10)23(21,22)19-8-7-18-14(17)20-11-3-1-2-4-11/h5-6,9,11,19H,1-4,7-8H2,(H3,17,18,20). The average Bonchev–Trinajstić information content (AvgIpc) is 2.96. The molecule has 23 heavy (non-hydrogen) atoms. The quantitative estimate of drug-likeness (QED) is 0.407. The minimum atomic E-state index is -3.94. The molecule has 0 amide bonds. The lowest BCUT2D eigenvalue weighted by Gasteiger charge is -2.12. The summed E-state index contributed by atoms with van der Waals surface area (Å²) in [6.07, 6.45) is 4.49. The number of rotatable bonds is 6. The van der Waals surface area contributed by atoms with Crippen molar-refractivity contribution < 1.29 is 12.8 Å². The van der Waals surface area contributed by atoms with E-state index in [9.17, 15) is 12.8 Å². The predicted octanol–water partition coefficient (Wildman–Crippen LogP) is 1.60. The Morgan fingerprint density at radius 2 is 2.09 bits per heavy atom. The summed E-state index contributed by atoms with van der Waals surface area (Å²) in [7, 11) is -3.94. The molecular weight excluding hydrogens is 343 g/mol. The zero-order chi connectivity index (χ0) is 16.9. The third-order valence-electron chi connectivity index (χ3n) is 3.58. The molecule has 1 aromatic carbocycles. The van der Waals surface area contributed by atoms with Crippen molar-refractivity contribution in [2.45, 2.75) is 36.6 Å². The number of guanidine groups is 1. The first kappa shape index (κ1) is 18.0. The number of hydrogen-bond acceptors (Lipinski definition) is 3. The molecule has 6 nitrogen and oxygen atoms in total. The molecule has 0 bridgehead atoms. The maximum absolute atomic E-state index is 13.6. The average molecular weight is 363 g/mol. The van der Waals surface area contributed by atoms with Crippen LogP contribution in [0.25, 0.3) is 0 Å². The molecule has 1 saturated carbocycles. The van der Waals surface area contributed by atoms with Crippen LogP contribution in [0.2, 0.25) is 5.02 Å². The summed E-state index contributed by atoms with van der Waals surface area (Å²) in [5.74, 6) is -0.593. The van der Waals surface area contributed by atoms with Gasteiger partial charge < -0.3 is 11.1 Å². The molecule has 1 aliphatic carbocycles. The summed E-state index contributed by atoms with van der Waals surface area (Å²) in [6, 6.07) is 3.75. The minimum absolute atomic E-state index is 0.0252. The lowest BCUT2D eigenvalue weighted by atomic mass is 10.2. The van der Waals surface area contributed by atoms with Gasteiger partial charge >= 0.3 is 0 Å². The van der Waals surface area contributed by atoms with Gasteiger partial charge in [-0.25, -0.2) is 17.5 Å². The van der Waals surface area contributed by atoms with Crippen molar-refractivity contribution in [2.24, 2.45) is 10.7 Å². The van der Waals surface area contributed by atoms with Gasteiger partial charge in [-0.15, -0.1) is 0 Å². The molecule has 0 unspecified atom stereocenters. The molecule has 1 aromatic rings. The van der Waals surface area contributed by atoms with Crippen molar-refractivity contribution in [1.82, 2.24) is 10.0 Å². The Morgan fingerprint density at radius 1 is 1.39 bits per heavy atom. The van der Waals surface area contributed by atoms with Crippen molar-refractivity contribution in [3.63, 3.8) is 0 Å². The molecule has 4 N–H and O–H groups in total. The van der Waals surface area contributed by atoms with E-state index in [2.05, 4.69) is 15.0 Å². The second-order valence-electron chi connectivity index (χ2n) is 5.37. The van der Waals surface area contributed by atoms with E-state index in [1.165, 1.54) is 18.9 Å². The van der Waals surface area contributed by atoms with Gasteiger partial charge in [0.05, 0.1) is 6.54 Å². The van der Waals surface area contributed by atoms with Crippen molar-refractivity contribution >= 4 is 27.6 Å². The van der Waals surface area contributed by atoms with Crippen molar-refractivity contribution in [2.75, 3.05) is 13.1 Å². The molecule has 2 rings (SSSR count). The van der Waals surface area contributed by atoms with Crippen LogP contribution in [0.5, 0.6) is 0 Å². The number of nitrogens with two attached hydrogens (primary N) is 1. The second-order valence-corrected chi connectivity index (χ2v) is 7.54. The van der Waals surface area contributed by atoms with Gasteiger partial charge in [0.2, 0.25) is 10.0 Å². The third-order valence-corrected chi connectivity index (χ3v) is 5.31. The van der Waals surface area contributed by atoms with E-state index >= 15 is 0 Å². The SMILES string of the molecule is NC(=NCCNS(=O)(=O)c1ccc(Cl)cc1F)NC1CCCC1. The monoisotopic (exact) mass is 362 g/mol. The molecular formula is C14H20ClFN4O2S.